The second kappa shape index (κ2) is 8.67. The van der Waals surface area contributed by atoms with Gasteiger partial charge in [-0.3, -0.25) is 4.79 Å². The van der Waals surface area contributed by atoms with Gasteiger partial charge in [0.1, 0.15) is 17.7 Å². The summed E-state index contributed by atoms with van der Waals surface area (Å²) in [5.41, 5.74) is 1.26. The van der Waals surface area contributed by atoms with Crippen LogP contribution in [0.3, 0.4) is 0 Å². The number of rotatable bonds is 5. The van der Waals surface area contributed by atoms with E-state index in [9.17, 15) is 9.18 Å². The van der Waals surface area contributed by atoms with Crippen LogP contribution in [0.4, 0.5) is 4.39 Å². The molecule has 3 aromatic rings. The number of thiazole rings is 1. The molecule has 29 heavy (non-hydrogen) atoms. The van der Waals surface area contributed by atoms with Crippen molar-refractivity contribution < 1.29 is 18.7 Å². The summed E-state index contributed by atoms with van der Waals surface area (Å²) in [5.74, 6) is 0.335. The molecule has 2 heterocycles. The number of halogens is 2. The maximum absolute atomic E-state index is 14.1. The number of amides is 1. The Hall–Kier alpha value is -2.19. The highest BCUT2D eigenvalue weighted by Gasteiger charge is 2.25. The Labute approximate surface area is 180 Å². The highest BCUT2D eigenvalue weighted by Crippen LogP contribution is 2.32. The van der Waals surface area contributed by atoms with Crippen molar-refractivity contribution in [3.63, 3.8) is 0 Å². The number of nitrogens with zero attached hydrogens (tertiary/aromatic N) is 2. The molecule has 0 N–H and O–H groups in total. The largest absolute Gasteiger partial charge is 0.497 e. The lowest BCUT2D eigenvalue weighted by atomic mass is 10.1. The molecule has 1 aliphatic heterocycles. The zero-order valence-corrected chi connectivity index (χ0v) is 18.3. The Kier molecular flexibility index (Phi) is 6.01. The zero-order chi connectivity index (χ0) is 20.4. The fraction of sp³-hybridized carbons (Fsp3) is 0.333. The number of benzene rings is 2. The number of hydrogen-bond acceptors (Lipinski definition) is 5. The molecule has 0 radical (unpaired) electrons. The van der Waals surface area contributed by atoms with Gasteiger partial charge >= 0.3 is 0 Å². The molecule has 1 aromatic heterocycles. The molecule has 5 nitrogen and oxygen atoms in total. The summed E-state index contributed by atoms with van der Waals surface area (Å²) in [6.45, 7) is 1.19. The topological polar surface area (TPSA) is 51.7 Å². The van der Waals surface area contributed by atoms with Crippen molar-refractivity contribution in [1.82, 2.24) is 9.88 Å². The van der Waals surface area contributed by atoms with Crippen LogP contribution in [0.2, 0.25) is 0 Å². The van der Waals surface area contributed by atoms with Crippen molar-refractivity contribution >= 4 is 43.4 Å². The third kappa shape index (κ3) is 4.53. The summed E-state index contributed by atoms with van der Waals surface area (Å²) in [5, 5.41) is 0.634. The normalized spacial score (nSPS) is 14.9. The standard InChI is InChI=1S/C21H20BrFN2O3S/c1-27-15-5-6-18-17(12-15)24-21(29-18)28-14-7-9-25(10-8-14)19(26)11-13-3-2-4-16(22)20(13)23/h2-6,12,14H,7-11H2,1H3. The van der Waals surface area contributed by atoms with Gasteiger partial charge < -0.3 is 14.4 Å². The second-order valence-electron chi connectivity index (χ2n) is 6.90. The minimum Gasteiger partial charge on any atom is -0.497 e. The lowest BCUT2D eigenvalue weighted by Crippen LogP contribution is -2.42. The first-order chi connectivity index (χ1) is 14.0. The molecule has 0 bridgehead atoms. The highest BCUT2D eigenvalue weighted by atomic mass is 79.9. The Morgan fingerprint density at radius 1 is 1.31 bits per heavy atom. The van der Waals surface area contributed by atoms with E-state index in [1.54, 1.807) is 30.2 Å². The molecular weight excluding hydrogens is 459 g/mol. The lowest BCUT2D eigenvalue weighted by molar-refractivity contribution is -0.132. The number of methoxy groups -OCH3 is 1. The van der Waals surface area contributed by atoms with Crippen molar-refractivity contribution in [3.05, 3.63) is 52.3 Å². The number of likely N-dealkylation sites (tertiary alicyclic amines) is 1. The Morgan fingerprint density at radius 2 is 2.10 bits per heavy atom. The van der Waals surface area contributed by atoms with Gasteiger partial charge in [0.2, 0.25) is 5.91 Å². The quantitative estimate of drug-likeness (QED) is 0.527. The fourth-order valence-corrected chi connectivity index (χ4v) is 4.66. The number of piperidine rings is 1. The lowest BCUT2D eigenvalue weighted by Gasteiger charge is -2.31. The van der Waals surface area contributed by atoms with E-state index >= 15 is 0 Å². The molecule has 1 fully saturated rings. The van der Waals surface area contributed by atoms with Crippen molar-refractivity contribution in [2.45, 2.75) is 25.4 Å². The number of fused-ring (bicyclic) bond motifs is 1. The Morgan fingerprint density at radius 3 is 2.86 bits per heavy atom. The van der Waals surface area contributed by atoms with Crippen molar-refractivity contribution in [3.8, 4) is 10.9 Å². The van der Waals surface area contributed by atoms with Crippen LogP contribution in [0.25, 0.3) is 10.2 Å². The van der Waals surface area contributed by atoms with Crippen LogP contribution in [0.5, 0.6) is 10.9 Å². The summed E-state index contributed by atoms with van der Waals surface area (Å²) in [6.07, 6.45) is 1.54. The van der Waals surface area contributed by atoms with E-state index in [4.69, 9.17) is 9.47 Å². The zero-order valence-electron chi connectivity index (χ0n) is 15.9. The number of carbonyl (C=O) groups is 1. The highest BCUT2D eigenvalue weighted by molar-refractivity contribution is 9.10. The van der Waals surface area contributed by atoms with Crippen molar-refractivity contribution in [2.75, 3.05) is 20.2 Å². The third-order valence-electron chi connectivity index (χ3n) is 5.01. The molecule has 0 unspecified atom stereocenters. The van der Waals surface area contributed by atoms with E-state index in [1.165, 1.54) is 11.3 Å². The smallest absolute Gasteiger partial charge is 0.274 e. The van der Waals surface area contributed by atoms with E-state index in [2.05, 4.69) is 20.9 Å². The van der Waals surface area contributed by atoms with Gasteiger partial charge in [0.15, 0.2) is 0 Å². The van der Waals surface area contributed by atoms with E-state index in [1.807, 2.05) is 18.2 Å². The van der Waals surface area contributed by atoms with Crippen molar-refractivity contribution in [2.24, 2.45) is 0 Å². The second-order valence-corrected chi connectivity index (χ2v) is 8.75. The molecule has 0 atom stereocenters. The van der Waals surface area contributed by atoms with Crippen LogP contribution in [-0.2, 0) is 11.2 Å². The molecule has 152 valence electrons. The van der Waals surface area contributed by atoms with Crippen LogP contribution in [0, 0.1) is 5.82 Å². The summed E-state index contributed by atoms with van der Waals surface area (Å²) in [7, 11) is 1.63. The average molecular weight is 479 g/mol. The molecule has 8 heteroatoms. The van der Waals surface area contributed by atoms with E-state index in [0.717, 1.165) is 28.8 Å². The van der Waals surface area contributed by atoms with Crippen LogP contribution in [0.15, 0.2) is 40.9 Å². The van der Waals surface area contributed by atoms with Gasteiger partial charge in [0.05, 0.1) is 28.2 Å². The van der Waals surface area contributed by atoms with Gasteiger partial charge in [-0.25, -0.2) is 9.37 Å². The minimum atomic E-state index is -0.369. The van der Waals surface area contributed by atoms with Gasteiger partial charge in [-0.05, 0) is 39.7 Å². The molecule has 0 aliphatic carbocycles. The number of carbonyl (C=O) groups excluding carboxylic acids is 1. The van der Waals surface area contributed by atoms with E-state index < -0.39 is 0 Å². The molecule has 1 amide bonds. The molecule has 1 saturated heterocycles. The maximum Gasteiger partial charge on any atom is 0.274 e. The van der Waals surface area contributed by atoms with Crippen LogP contribution in [0.1, 0.15) is 18.4 Å². The predicted octanol–water partition coefficient (Wildman–Crippen LogP) is 4.82. The SMILES string of the molecule is COc1ccc2sc(OC3CCN(C(=O)Cc4cccc(Br)c4F)CC3)nc2c1. The Balaban J connectivity index is 1.33. The first-order valence-corrected chi connectivity index (χ1v) is 11.0. The Bertz CT molecular complexity index is 1030. The number of hydrogen-bond donors (Lipinski definition) is 0. The monoisotopic (exact) mass is 478 g/mol. The average Bonchev–Trinajstić information content (AvgIpc) is 3.13. The number of aromatic nitrogens is 1. The molecule has 4 rings (SSSR count). The molecule has 0 saturated carbocycles. The minimum absolute atomic E-state index is 0.0177. The van der Waals surface area contributed by atoms with Gasteiger partial charge in [-0.15, -0.1) is 0 Å². The molecule has 0 spiro atoms. The van der Waals surface area contributed by atoms with Gasteiger partial charge in [-0.1, -0.05) is 23.5 Å². The van der Waals surface area contributed by atoms with Gasteiger partial charge in [-0.2, -0.15) is 0 Å². The third-order valence-corrected chi connectivity index (χ3v) is 6.55. The van der Waals surface area contributed by atoms with Crippen LogP contribution >= 0.6 is 27.3 Å². The maximum atomic E-state index is 14.1. The summed E-state index contributed by atoms with van der Waals surface area (Å²) in [4.78, 5) is 18.9. The molecule has 1 aliphatic rings. The van der Waals surface area contributed by atoms with E-state index in [-0.39, 0.29) is 24.2 Å². The molecular formula is C21H20BrFN2O3S. The van der Waals surface area contributed by atoms with Crippen LogP contribution in [-0.4, -0.2) is 42.1 Å². The number of ether oxygens (including phenoxy) is 2. The van der Waals surface area contributed by atoms with Crippen molar-refractivity contribution in [1.29, 1.82) is 0 Å². The first kappa shape index (κ1) is 20.1. The van der Waals surface area contributed by atoms with Gasteiger partial charge in [0.25, 0.3) is 5.19 Å². The van der Waals surface area contributed by atoms with Gasteiger partial charge in [0, 0.05) is 32.0 Å². The summed E-state index contributed by atoms with van der Waals surface area (Å²) in [6, 6.07) is 10.8. The van der Waals surface area contributed by atoms with E-state index in [0.29, 0.717) is 28.3 Å². The summed E-state index contributed by atoms with van der Waals surface area (Å²) >= 11 is 4.67. The van der Waals surface area contributed by atoms with Crippen LogP contribution < -0.4 is 9.47 Å². The fourth-order valence-electron chi connectivity index (χ4n) is 3.39. The predicted molar refractivity (Wildman–Crippen MR) is 114 cm³/mol. The molecule has 2 aromatic carbocycles. The summed E-state index contributed by atoms with van der Waals surface area (Å²) < 4.78 is 26.8. The first-order valence-electron chi connectivity index (χ1n) is 9.35.